The van der Waals surface area contributed by atoms with Crippen molar-refractivity contribution in [3.63, 3.8) is 0 Å². The molecule has 0 radical (unpaired) electrons. The topological polar surface area (TPSA) is 65.1 Å². The van der Waals surface area contributed by atoms with Crippen molar-refractivity contribution in [2.24, 2.45) is 0 Å². The SMILES string of the molecule is CC(=O)/C(=C/c1cccc2c1OOC2)C(=O)OCCN(C)Cc1ccc(F)cc1. The smallest absolute Gasteiger partial charge is 0.341 e. The number of carbonyl (C=O) groups excluding carboxylic acids is 2. The van der Waals surface area contributed by atoms with Crippen LogP contribution in [0.15, 0.2) is 48.0 Å². The van der Waals surface area contributed by atoms with Crippen LogP contribution >= 0.6 is 0 Å². The average molecular weight is 399 g/mol. The van der Waals surface area contributed by atoms with Gasteiger partial charge in [0.15, 0.2) is 11.5 Å². The van der Waals surface area contributed by atoms with Gasteiger partial charge in [0.25, 0.3) is 0 Å². The van der Waals surface area contributed by atoms with E-state index in [2.05, 4.69) is 0 Å². The molecule has 1 heterocycles. The second kappa shape index (κ2) is 9.45. The van der Waals surface area contributed by atoms with E-state index in [0.29, 0.717) is 31.0 Å². The van der Waals surface area contributed by atoms with Crippen molar-refractivity contribution in [2.45, 2.75) is 20.1 Å². The third kappa shape index (κ3) is 5.49. The first-order valence-electron chi connectivity index (χ1n) is 9.18. The Kier molecular flexibility index (Phi) is 6.74. The van der Waals surface area contributed by atoms with Crippen LogP contribution in [0.1, 0.15) is 23.6 Å². The Balaban J connectivity index is 1.58. The lowest BCUT2D eigenvalue weighted by atomic mass is 10.0. The molecular formula is C22H22FNO5. The molecule has 0 saturated heterocycles. The molecule has 2 aromatic rings. The molecule has 0 saturated carbocycles. The fourth-order valence-electron chi connectivity index (χ4n) is 2.90. The summed E-state index contributed by atoms with van der Waals surface area (Å²) in [6, 6.07) is 11.6. The number of likely N-dealkylation sites (N-methyl/N-ethyl adjacent to an activating group) is 1. The number of hydrogen-bond donors (Lipinski definition) is 0. The zero-order valence-electron chi connectivity index (χ0n) is 16.3. The van der Waals surface area contributed by atoms with Gasteiger partial charge in [0, 0.05) is 24.2 Å². The van der Waals surface area contributed by atoms with Crippen molar-refractivity contribution in [3.8, 4) is 5.75 Å². The number of nitrogens with zero attached hydrogens (tertiary/aromatic N) is 1. The highest BCUT2D eigenvalue weighted by Crippen LogP contribution is 2.31. The summed E-state index contributed by atoms with van der Waals surface area (Å²) >= 11 is 0. The third-order valence-electron chi connectivity index (χ3n) is 4.45. The van der Waals surface area contributed by atoms with Gasteiger partial charge in [-0.2, -0.15) is 4.89 Å². The molecule has 6 nitrogen and oxygen atoms in total. The number of para-hydroxylation sites is 1. The maximum Gasteiger partial charge on any atom is 0.341 e. The first-order chi connectivity index (χ1) is 13.9. The fraction of sp³-hybridized carbons (Fsp3) is 0.273. The van der Waals surface area contributed by atoms with E-state index in [-0.39, 0.29) is 18.0 Å². The number of ether oxygens (including phenoxy) is 1. The fourth-order valence-corrected chi connectivity index (χ4v) is 2.90. The zero-order chi connectivity index (χ0) is 20.8. The van der Waals surface area contributed by atoms with Crippen molar-refractivity contribution in [1.29, 1.82) is 0 Å². The Hall–Kier alpha value is -3.03. The molecule has 2 aromatic carbocycles. The van der Waals surface area contributed by atoms with Crippen molar-refractivity contribution in [3.05, 3.63) is 70.5 Å². The summed E-state index contributed by atoms with van der Waals surface area (Å²) < 4.78 is 18.2. The van der Waals surface area contributed by atoms with Crippen molar-refractivity contribution in [1.82, 2.24) is 4.90 Å². The molecule has 0 amide bonds. The summed E-state index contributed by atoms with van der Waals surface area (Å²) in [5.74, 6) is -0.872. The normalized spacial score (nSPS) is 13.2. The number of halogens is 1. The Morgan fingerprint density at radius 1 is 1.21 bits per heavy atom. The van der Waals surface area contributed by atoms with Crippen LogP contribution in [0.3, 0.4) is 0 Å². The van der Waals surface area contributed by atoms with Gasteiger partial charge in [0.1, 0.15) is 24.6 Å². The summed E-state index contributed by atoms with van der Waals surface area (Å²) in [6.07, 6.45) is 1.46. The van der Waals surface area contributed by atoms with Crippen LogP contribution in [0.5, 0.6) is 5.75 Å². The average Bonchev–Trinajstić information content (AvgIpc) is 3.17. The lowest BCUT2D eigenvalue weighted by Crippen LogP contribution is -2.25. The van der Waals surface area contributed by atoms with Crippen LogP contribution in [0, 0.1) is 5.82 Å². The molecule has 1 aliphatic heterocycles. The minimum Gasteiger partial charge on any atom is -0.461 e. The lowest BCUT2D eigenvalue weighted by Gasteiger charge is -2.16. The van der Waals surface area contributed by atoms with Gasteiger partial charge >= 0.3 is 5.97 Å². The highest BCUT2D eigenvalue weighted by molar-refractivity contribution is 6.19. The van der Waals surface area contributed by atoms with Gasteiger partial charge in [0.2, 0.25) is 0 Å². The number of esters is 1. The predicted molar refractivity (Wildman–Crippen MR) is 104 cm³/mol. The quantitative estimate of drug-likeness (QED) is 0.223. The number of fused-ring (bicyclic) bond motifs is 1. The largest absolute Gasteiger partial charge is 0.461 e. The molecule has 0 atom stereocenters. The maximum absolute atomic E-state index is 13.0. The Morgan fingerprint density at radius 3 is 2.69 bits per heavy atom. The molecule has 0 spiro atoms. The molecular weight excluding hydrogens is 377 g/mol. The second-order valence-electron chi connectivity index (χ2n) is 6.80. The Labute approximate surface area is 168 Å². The van der Waals surface area contributed by atoms with Crippen LogP contribution in [-0.4, -0.2) is 36.9 Å². The molecule has 0 bridgehead atoms. The van der Waals surface area contributed by atoms with E-state index >= 15 is 0 Å². The molecule has 0 aliphatic carbocycles. The van der Waals surface area contributed by atoms with E-state index < -0.39 is 11.8 Å². The molecule has 152 valence electrons. The third-order valence-corrected chi connectivity index (χ3v) is 4.45. The Morgan fingerprint density at radius 2 is 1.97 bits per heavy atom. The molecule has 0 aromatic heterocycles. The van der Waals surface area contributed by atoms with Gasteiger partial charge in [-0.3, -0.25) is 9.69 Å². The molecule has 1 aliphatic rings. The number of rotatable bonds is 8. The van der Waals surface area contributed by atoms with E-state index in [4.69, 9.17) is 14.5 Å². The van der Waals surface area contributed by atoms with E-state index in [1.54, 1.807) is 24.3 Å². The summed E-state index contributed by atoms with van der Waals surface area (Å²) in [5, 5.41) is 0. The van der Waals surface area contributed by atoms with E-state index in [0.717, 1.165) is 11.1 Å². The predicted octanol–water partition coefficient (Wildman–Crippen LogP) is 3.30. The van der Waals surface area contributed by atoms with E-state index in [1.807, 2.05) is 18.0 Å². The summed E-state index contributed by atoms with van der Waals surface area (Å²) in [4.78, 5) is 36.4. The Bertz CT molecular complexity index is 923. The number of benzene rings is 2. The summed E-state index contributed by atoms with van der Waals surface area (Å²) in [5.41, 5.74) is 2.31. The molecule has 29 heavy (non-hydrogen) atoms. The number of carbonyl (C=O) groups is 2. The standard InChI is InChI=1S/C22H22FNO5/c1-15(25)20(12-17-4-3-5-18-14-28-29-21(17)18)22(26)27-11-10-24(2)13-16-6-8-19(23)9-7-16/h3-9,12H,10-11,13-14H2,1-2H3/b20-12-. The van der Waals surface area contributed by atoms with E-state index in [1.165, 1.54) is 25.1 Å². The van der Waals surface area contributed by atoms with Crippen LogP contribution < -0.4 is 4.89 Å². The number of Topliss-reactive ketones (excluding diaryl/α,β-unsaturated/α-hetero) is 1. The van der Waals surface area contributed by atoms with Gasteiger partial charge in [-0.15, -0.1) is 0 Å². The summed E-state index contributed by atoms with van der Waals surface area (Å²) in [7, 11) is 1.86. The summed E-state index contributed by atoms with van der Waals surface area (Å²) in [6.45, 7) is 2.80. The van der Waals surface area contributed by atoms with Gasteiger partial charge < -0.3 is 9.62 Å². The number of hydrogen-bond acceptors (Lipinski definition) is 6. The van der Waals surface area contributed by atoms with Crippen LogP contribution in [-0.2, 0) is 32.4 Å². The van der Waals surface area contributed by atoms with Gasteiger partial charge in [-0.05, 0) is 37.7 Å². The molecule has 0 N–H and O–H groups in total. The van der Waals surface area contributed by atoms with Crippen molar-refractivity contribution < 1.29 is 28.5 Å². The number of ketones is 1. The van der Waals surface area contributed by atoms with E-state index in [9.17, 15) is 14.0 Å². The highest BCUT2D eigenvalue weighted by atomic mass is 19.1. The first-order valence-corrected chi connectivity index (χ1v) is 9.18. The minimum atomic E-state index is -0.691. The molecule has 3 rings (SSSR count). The minimum absolute atomic E-state index is 0.0601. The van der Waals surface area contributed by atoms with Gasteiger partial charge in [-0.25, -0.2) is 9.18 Å². The second-order valence-corrected chi connectivity index (χ2v) is 6.80. The van der Waals surface area contributed by atoms with Gasteiger partial charge in [-0.1, -0.05) is 30.3 Å². The first kappa shape index (κ1) is 20.7. The van der Waals surface area contributed by atoms with Crippen molar-refractivity contribution >= 4 is 17.8 Å². The lowest BCUT2D eigenvalue weighted by molar-refractivity contribution is -0.194. The van der Waals surface area contributed by atoms with Crippen LogP contribution in [0.25, 0.3) is 6.08 Å². The highest BCUT2D eigenvalue weighted by Gasteiger charge is 2.21. The monoisotopic (exact) mass is 399 g/mol. The maximum atomic E-state index is 13.0. The molecule has 0 fully saturated rings. The zero-order valence-corrected chi connectivity index (χ0v) is 16.3. The van der Waals surface area contributed by atoms with Crippen LogP contribution in [0.2, 0.25) is 0 Å². The molecule has 7 heteroatoms. The van der Waals surface area contributed by atoms with Crippen molar-refractivity contribution in [2.75, 3.05) is 20.2 Å². The van der Waals surface area contributed by atoms with Crippen LogP contribution in [0.4, 0.5) is 4.39 Å². The van der Waals surface area contributed by atoms with Gasteiger partial charge in [0.05, 0.1) is 0 Å². The molecule has 0 unspecified atom stereocenters.